The third kappa shape index (κ3) is 7.32. The van der Waals surface area contributed by atoms with E-state index in [4.69, 9.17) is 9.47 Å². The first-order valence-corrected chi connectivity index (χ1v) is 16.3. The molecule has 10 heteroatoms. The van der Waals surface area contributed by atoms with Gasteiger partial charge in [-0.1, -0.05) is 24.3 Å². The van der Waals surface area contributed by atoms with Crippen molar-refractivity contribution in [3.05, 3.63) is 71.3 Å². The van der Waals surface area contributed by atoms with Crippen LogP contribution in [0, 0.1) is 35.3 Å². The number of nitrogens with one attached hydrogen (secondary N) is 2. The number of methoxy groups -OCH3 is 2. The van der Waals surface area contributed by atoms with E-state index in [0.717, 1.165) is 37.5 Å². The van der Waals surface area contributed by atoms with Crippen molar-refractivity contribution >= 4 is 18.0 Å². The second-order valence-electron chi connectivity index (χ2n) is 13.5. The molecule has 8 nitrogen and oxygen atoms in total. The molecule has 0 radical (unpaired) electrons. The van der Waals surface area contributed by atoms with Crippen LogP contribution >= 0.6 is 0 Å². The molecule has 6 saturated carbocycles. The topological polar surface area (TPSA) is 97.0 Å². The minimum absolute atomic E-state index is 0.000740. The van der Waals surface area contributed by atoms with Crippen molar-refractivity contribution in [1.29, 1.82) is 0 Å². The predicted molar refractivity (Wildman–Crippen MR) is 163 cm³/mol. The van der Waals surface area contributed by atoms with Gasteiger partial charge in [0, 0.05) is 18.1 Å². The predicted octanol–water partition coefficient (Wildman–Crippen LogP) is 5.83. The lowest BCUT2D eigenvalue weighted by molar-refractivity contribution is -0.146. The first-order chi connectivity index (χ1) is 21.7. The van der Waals surface area contributed by atoms with Gasteiger partial charge in [-0.15, -0.1) is 0 Å². The van der Waals surface area contributed by atoms with Crippen LogP contribution in [0.25, 0.3) is 0 Å². The van der Waals surface area contributed by atoms with Crippen LogP contribution in [0.15, 0.2) is 48.5 Å². The Bertz CT molecular complexity index is 1370. The largest absolute Gasteiger partial charge is 0.468 e. The number of benzene rings is 2. The maximum absolute atomic E-state index is 13.9. The highest BCUT2D eigenvalue weighted by Gasteiger charge is 2.50. The van der Waals surface area contributed by atoms with Gasteiger partial charge in [-0.2, -0.15) is 0 Å². The second-order valence-corrected chi connectivity index (χ2v) is 13.5. The van der Waals surface area contributed by atoms with Gasteiger partial charge < -0.3 is 19.7 Å². The van der Waals surface area contributed by atoms with Gasteiger partial charge in [-0.25, -0.2) is 23.2 Å². The third-order valence-electron chi connectivity index (χ3n) is 10.2. The fourth-order valence-electron chi connectivity index (χ4n) is 8.01. The van der Waals surface area contributed by atoms with Gasteiger partial charge in [0.1, 0.15) is 17.7 Å². The van der Waals surface area contributed by atoms with Crippen molar-refractivity contribution in [2.75, 3.05) is 14.2 Å². The number of halogens is 2. The molecule has 0 aromatic heterocycles. The number of carbonyl (C=O) groups excluding carboxylic acids is 3. The molecule has 6 aliphatic rings. The van der Waals surface area contributed by atoms with Crippen molar-refractivity contribution in [2.45, 2.75) is 88.0 Å². The van der Waals surface area contributed by atoms with Gasteiger partial charge >= 0.3 is 18.0 Å². The van der Waals surface area contributed by atoms with Gasteiger partial charge in [-0.3, -0.25) is 5.32 Å². The van der Waals surface area contributed by atoms with E-state index in [1.54, 1.807) is 29.2 Å². The lowest BCUT2D eigenvalue weighted by atomic mass is 9.54. The molecule has 0 aliphatic heterocycles. The molecule has 2 amide bonds. The van der Waals surface area contributed by atoms with E-state index in [1.165, 1.54) is 70.6 Å². The highest BCUT2D eigenvalue weighted by Crippen LogP contribution is 2.54. The number of hydrogen-bond donors (Lipinski definition) is 2. The molecule has 6 aliphatic carbocycles. The van der Waals surface area contributed by atoms with Gasteiger partial charge in [0.25, 0.3) is 0 Å². The Morgan fingerprint density at radius 2 is 1.33 bits per heavy atom. The summed E-state index contributed by atoms with van der Waals surface area (Å²) in [4.78, 5) is 39.3. The third-order valence-corrected chi connectivity index (χ3v) is 10.2. The van der Waals surface area contributed by atoms with Crippen LogP contribution in [-0.4, -0.2) is 55.2 Å². The number of carbonyl (C=O) groups is 3. The van der Waals surface area contributed by atoms with Crippen LogP contribution in [0.4, 0.5) is 13.6 Å². The van der Waals surface area contributed by atoms with E-state index >= 15 is 0 Å². The summed E-state index contributed by atoms with van der Waals surface area (Å²) in [5, 5.41) is 6.46. The number of hydrogen-bond acceptors (Lipinski definition) is 6. The first-order valence-electron chi connectivity index (χ1n) is 16.3. The zero-order valence-corrected chi connectivity index (χ0v) is 25.9. The molecular formula is C35H43F2N3O5. The van der Waals surface area contributed by atoms with E-state index in [0.29, 0.717) is 29.0 Å². The number of amides is 2. The summed E-state index contributed by atoms with van der Waals surface area (Å²) in [7, 11) is 2.65. The van der Waals surface area contributed by atoms with Gasteiger partial charge in [0.15, 0.2) is 6.04 Å². The average Bonchev–Trinajstić information content (AvgIpc) is 3.95. The molecule has 45 heavy (non-hydrogen) atoms. The van der Waals surface area contributed by atoms with Crippen LogP contribution in [0.5, 0.6) is 0 Å². The van der Waals surface area contributed by atoms with Crippen molar-refractivity contribution in [3.63, 3.8) is 0 Å². The summed E-state index contributed by atoms with van der Waals surface area (Å²) in [6.45, 7) is 0. The molecule has 0 spiro atoms. The van der Waals surface area contributed by atoms with Gasteiger partial charge in [-0.05, 0) is 117 Å². The number of ether oxygens (including phenoxy) is 2. The Hall–Kier alpha value is -3.53. The molecular weight excluding hydrogens is 580 g/mol. The number of rotatable bonds is 9. The second kappa shape index (κ2) is 13.4. The maximum Gasteiger partial charge on any atom is 0.333 e. The van der Waals surface area contributed by atoms with Crippen molar-refractivity contribution in [1.82, 2.24) is 15.5 Å². The highest BCUT2D eigenvalue weighted by atomic mass is 19.1. The van der Waals surface area contributed by atoms with E-state index in [2.05, 4.69) is 10.6 Å². The Balaban J connectivity index is 0.000000189. The normalized spacial score (nSPS) is 27.4. The number of urea groups is 1. The van der Waals surface area contributed by atoms with Crippen LogP contribution in [0.3, 0.4) is 0 Å². The zero-order valence-electron chi connectivity index (χ0n) is 25.9. The molecule has 8 rings (SSSR count). The van der Waals surface area contributed by atoms with E-state index in [1.807, 2.05) is 0 Å². The average molecular weight is 624 g/mol. The van der Waals surface area contributed by atoms with Crippen LogP contribution in [0.1, 0.15) is 81.0 Å². The quantitative estimate of drug-likeness (QED) is 0.342. The van der Waals surface area contributed by atoms with Gasteiger partial charge in [0.05, 0.1) is 14.2 Å². The maximum atomic E-state index is 13.9. The molecule has 2 unspecified atom stereocenters. The van der Waals surface area contributed by atoms with Crippen molar-refractivity contribution < 1.29 is 32.6 Å². The molecule has 2 aromatic carbocycles. The van der Waals surface area contributed by atoms with Gasteiger partial charge in [0.2, 0.25) is 0 Å². The molecule has 242 valence electrons. The summed E-state index contributed by atoms with van der Waals surface area (Å²) in [5.74, 6) is 1.11. The Labute approximate surface area is 263 Å². The van der Waals surface area contributed by atoms with Crippen molar-refractivity contribution in [2.24, 2.45) is 23.7 Å². The lowest BCUT2D eigenvalue weighted by Crippen LogP contribution is -2.59. The van der Waals surface area contributed by atoms with Crippen LogP contribution in [0.2, 0.25) is 0 Å². The standard InChI is InChI=1S/C23H29FN2O3.C12H14FNO2/c1-29-22(27)21(15-3-2-4-18(24)12-15)26(19-5-6-19)23(28)25-20-16-8-13-7-14(10-16)11-17(20)9-13;1-16-12(15)11(14-10-5-6-10)8-3-2-4-9(13)7-8/h2-4,12-14,16-17,19-21H,5-11H2,1H3,(H,25,28);2-4,7,10-11,14H,5-6H2,1H3. The zero-order chi connectivity index (χ0) is 31.7. The monoisotopic (exact) mass is 623 g/mol. The fourth-order valence-corrected chi connectivity index (χ4v) is 8.01. The molecule has 0 heterocycles. The van der Waals surface area contributed by atoms with E-state index in [-0.39, 0.29) is 29.9 Å². The smallest absolute Gasteiger partial charge is 0.333 e. The fraction of sp³-hybridized carbons (Fsp3) is 0.571. The molecule has 2 atom stereocenters. The Kier molecular flexibility index (Phi) is 9.40. The molecule has 4 bridgehead atoms. The first kappa shape index (κ1) is 31.5. The summed E-state index contributed by atoms with van der Waals surface area (Å²) < 4.78 is 36.7. The summed E-state index contributed by atoms with van der Waals surface area (Å²) in [6.07, 6.45) is 10.1. The lowest BCUT2D eigenvalue weighted by Gasteiger charge is -2.54. The van der Waals surface area contributed by atoms with Crippen LogP contribution < -0.4 is 10.6 Å². The summed E-state index contributed by atoms with van der Waals surface area (Å²) >= 11 is 0. The van der Waals surface area contributed by atoms with Crippen molar-refractivity contribution in [3.8, 4) is 0 Å². The van der Waals surface area contributed by atoms with E-state index < -0.39 is 23.9 Å². The number of nitrogens with zero attached hydrogens (tertiary/aromatic N) is 1. The summed E-state index contributed by atoms with van der Waals surface area (Å²) in [5.41, 5.74) is 1.07. The minimum Gasteiger partial charge on any atom is -0.468 e. The molecule has 6 fully saturated rings. The Morgan fingerprint density at radius 1 is 0.778 bits per heavy atom. The molecule has 2 aromatic rings. The number of esters is 2. The van der Waals surface area contributed by atoms with Crippen LogP contribution in [-0.2, 0) is 19.1 Å². The SMILES string of the molecule is COC(=O)C(NC1CC1)c1cccc(F)c1.COC(=O)C(c1cccc(F)c1)N(C(=O)NC1C2CC3CC(C2)CC1C3)C1CC1. The summed E-state index contributed by atoms with van der Waals surface area (Å²) in [6, 6.07) is 10.8. The van der Waals surface area contributed by atoms with E-state index in [9.17, 15) is 23.2 Å². The Morgan fingerprint density at radius 3 is 1.84 bits per heavy atom. The minimum atomic E-state index is -0.917. The highest BCUT2D eigenvalue weighted by molar-refractivity contribution is 5.85. The molecule has 2 N–H and O–H groups in total. The molecule has 0 saturated heterocycles.